The summed E-state index contributed by atoms with van der Waals surface area (Å²) in [6.07, 6.45) is 0. The molecule has 0 N–H and O–H groups in total. The maximum atomic E-state index is 12.0. The number of rotatable bonds is 6. The minimum Gasteiger partial charge on any atom is -0.459 e. The Labute approximate surface area is 117 Å². The van der Waals surface area contributed by atoms with Crippen LogP contribution in [0.3, 0.4) is 0 Å². The van der Waals surface area contributed by atoms with Crippen molar-refractivity contribution in [2.24, 2.45) is 5.92 Å². The van der Waals surface area contributed by atoms with Gasteiger partial charge >= 0.3 is 5.97 Å². The number of carbonyl (C=O) groups is 1. The Morgan fingerprint density at radius 2 is 1.89 bits per heavy atom. The van der Waals surface area contributed by atoms with Crippen molar-refractivity contribution in [3.63, 3.8) is 0 Å². The lowest BCUT2D eigenvalue weighted by atomic mass is 10.1. The van der Waals surface area contributed by atoms with E-state index in [9.17, 15) is 4.79 Å². The Morgan fingerprint density at radius 1 is 1.32 bits per heavy atom. The van der Waals surface area contributed by atoms with Crippen LogP contribution in [-0.2, 0) is 14.3 Å². The molecule has 1 unspecified atom stereocenters. The molecule has 1 aliphatic heterocycles. The summed E-state index contributed by atoms with van der Waals surface area (Å²) < 4.78 is 12.5. The van der Waals surface area contributed by atoms with Crippen molar-refractivity contribution >= 4 is 5.97 Å². The lowest BCUT2D eigenvalue weighted by Gasteiger charge is -2.38. The van der Waals surface area contributed by atoms with Crippen LogP contribution < -0.4 is 0 Å². The maximum Gasteiger partial charge on any atom is 0.314 e. The Morgan fingerprint density at radius 3 is 2.42 bits per heavy atom. The molecule has 0 aromatic rings. The van der Waals surface area contributed by atoms with Gasteiger partial charge in [-0.05, 0) is 6.92 Å². The fourth-order valence-corrected chi connectivity index (χ4v) is 2.26. The lowest BCUT2D eigenvalue weighted by molar-refractivity contribution is -0.918. The molecule has 1 rings (SSSR count). The number of hydrogen-bond acceptors (Lipinski definition) is 3. The zero-order valence-corrected chi connectivity index (χ0v) is 13.1. The smallest absolute Gasteiger partial charge is 0.314 e. The molecule has 1 atom stereocenters. The van der Waals surface area contributed by atoms with Gasteiger partial charge in [0.05, 0.1) is 47.9 Å². The highest BCUT2D eigenvalue weighted by Crippen LogP contribution is 2.13. The summed E-state index contributed by atoms with van der Waals surface area (Å²) in [6, 6.07) is 0. The van der Waals surface area contributed by atoms with Crippen molar-refractivity contribution in [1.82, 2.24) is 0 Å². The summed E-state index contributed by atoms with van der Waals surface area (Å²) >= 11 is 0. The van der Waals surface area contributed by atoms with Crippen LogP contribution >= 0.6 is 0 Å². The fraction of sp³-hybridized carbons (Fsp3) is 0.929. The summed E-state index contributed by atoms with van der Waals surface area (Å²) in [4.78, 5) is 12.0. The van der Waals surface area contributed by atoms with Gasteiger partial charge in [-0.25, -0.2) is 0 Å². The summed E-state index contributed by atoms with van der Waals surface area (Å²) in [5.41, 5.74) is 0. The Bertz CT molecular complexity index is 294. The van der Waals surface area contributed by atoms with Gasteiger partial charge in [-0.2, -0.15) is 0 Å². The number of nitrogens with zero attached hydrogens (tertiary/aromatic N) is 2. The molecule has 0 amide bonds. The SMILES string of the molecule is CC(C[N+]1(C)CCOCC1)C(=O)OCC[N+](C)(C)C. The molecule has 0 bridgehead atoms. The highest BCUT2D eigenvalue weighted by Gasteiger charge is 2.30. The van der Waals surface area contributed by atoms with Crippen LogP contribution in [0, 0.1) is 5.92 Å². The normalized spacial score (nSPS) is 20.9. The average Bonchev–Trinajstić information content (AvgIpc) is 2.27. The van der Waals surface area contributed by atoms with Crippen LogP contribution in [0.1, 0.15) is 6.92 Å². The van der Waals surface area contributed by atoms with E-state index in [1.807, 2.05) is 6.92 Å². The number of esters is 1. The van der Waals surface area contributed by atoms with E-state index in [4.69, 9.17) is 9.47 Å². The molecule has 5 heteroatoms. The lowest BCUT2D eigenvalue weighted by Crippen LogP contribution is -2.54. The van der Waals surface area contributed by atoms with Crippen LogP contribution in [0.25, 0.3) is 0 Å². The predicted octanol–water partition coefficient (Wildman–Crippen LogP) is 0.349. The van der Waals surface area contributed by atoms with Crippen molar-refractivity contribution in [2.75, 3.05) is 74.2 Å². The van der Waals surface area contributed by atoms with Gasteiger partial charge in [-0.1, -0.05) is 0 Å². The van der Waals surface area contributed by atoms with Crippen LogP contribution in [0.2, 0.25) is 0 Å². The molecule has 112 valence electrons. The second-order valence-electron chi connectivity index (χ2n) is 6.94. The summed E-state index contributed by atoms with van der Waals surface area (Å²) in [5, 5.41) is 0. The molecule has 1 fully saturated rings. The van der Waals surface area contributed by atoms with Crippen LogP contribution in [0.4, 0.5) is 0 Å². The first-order chi connectivity index (χ1) is 8.72. The van der Waals surface area contributed by atoms with Gasteiger partial charge in [0.25, 0.3) is 0 Å². The molecule has 0 aliphatic carbocycles. The Hall–Kier alpha value is -0.650. The maximum absolute atomic E-state index is 12.0. The van der Waals surface area contributed by atoms with E-state index >= 15 is 0 Å². The predicted molar refractivity (Wildman–Crippen MR) is 74.6 cm³/mol. The van der Waals surface area contributed by atoms with E-state index in [1.165, 1.54) is 0 Å². The summed E-state index contributed by atoms with van der Waals surface area (Å²) in [7, 11) is 8.48. The molecule has 19 heavy (non-hydrogen) atoms. The fourth-order valence-electron chi connectivity index (χ4n) is 2.26. The second-order valence-corrected chi connectivity index (χ2v) is 6.94. The zero-order valence-electron chi connectivity index (χ0n) is 13.1. The van der Waals surface area contributed by atoms with Gasteiger partial charge in [0.1, 0.15) is 32.2 Å². The highest BCUT2D eigenvalue weighted by atomic mass is 16.5. The van der Waals surface area contributed by atoms with Gasteiger partial charge in [0.15, 0.2) is 0 Å². The monoisotopic (exact) mass is 274 g/mol. The number of morpholine rings is 1. The topological polar surface area (TPSA) is 35.5 Å². The Kier molecular flexibility index (Phi) is 5.77. The minimum atomic E-state index is -0.0701. The van der Waals surface area contributed by atoms with Crippen molar-refractivity contribution < 1.29 is 23.2 Å². The largest absolute Gasteiger partial charge is 0.459 e. The van der Waals surface area contributed by atoms with E-state index < -0.39 is 0 Å². The van der Waals surface area contributed by atoms with Crippen molar-refractivity contribution in [2.45, 2.75) is 6.92 Å². The second kappa shape index (κ2) is 6.68. The number of hydrogen-bond donors (Lipinski definition) is 0. The quantitative estimate of drug-likeness (QED) is 0.518. The first-order valence-electron chi connectivity index (χ1n) is 7.10. The molecule has 1 heterocycles. The number of ether oxygens (including phenoxy) is 2. The van der Waals surface area contributed by atoms with E-state index in [0.29, 0.717) is 6.61 Å². The number of likely N-dealkylation sites (N-methyl/N-ethyl adjacent to an activating group) is 2. The van der Waals surface area contributed by atoms with Crippen molar-refractivity contribution in [1.29, 1.82) is 0 Å². The average molecular weight is 274 g/mol. The van der Waals surface area contributed by atoms with E-state index in [2.05, 4.69) is 28.2 Å². The minimum absolute atomic E-state index is 0.0458. The van der Waals surface area contributed by atoms with E-state index in [0.717, 1.165) is 48.4 Å². The molecular weight excluding hydrogens is 244 g/mol. The Balaban J connectivity index is 2.32. The molecule has 0 aromatic heterocycles. The van der Waals surface area contributed by atoms with Gasteiger partial charge < -0.3 is 18.4 Å². The third-order valence-electron chi connectivity index (χ3n) is 3.67. The van der Waals surface area contributed by atoms with E-state index in [-0.39, 0.29) is 11.9 Å². The molecular formula is C14H30N2O3+2. The standard InChI is InChI=1S/C14H30N2O3/c1-13(12-16(5)7-9-18-10-8-16)14(17)19-11-6-15(2,3)4/h13H,6-12H2,1-5H3/q+2. The van der Waals surface area contributed by atoms with E-state index in [1.54, 1.807) is 0 Å². The van der Waals surface area contributed by atoms with Crippen LogP contribution in [-0.4, -0.2) is 89.1 Å². The van der Waals surface area contributed by atoms with Gasteiger partial charge in [-0.3, -0.25) is 4.79 Å². The molecule has 0 saturated carbocycles. The van der Waals surface area contributed by atoms with Crippen molar-refractivity contribution in [3.05, 3.63) is 0 Å². The third kappa shape index (κ3) is 6.36. The molecule has 0 spiro atoms. The summed E-state index contributed by atoms with van der Waals surface area (Å²) in [6.45, 7) is 7.70. The molecule has 1 saturated heterocycles. The molecule has 5 nitrogen and oxygen atoms in total. The van der Waals surface area contributed by atoms with Gasteiger partial charge in [-0.15, -0.1) is 0 Å². The molecule has 0 aromatic carbocycles. The van der Waals surface area contributed by atoms with Crippen LogP contribution in [0.15, 0.2) is 0 Å². The molecule has 1 aliphatic rings. The molecule has 0 radical (unpaired) electrons. The van der Waals surface area contributed by atoms with Crippen LogP contribution in [0.5, 0.6) is 0 Å². The first-order valence-corrected chi connectivity index (χ1v) is 7.10. The first kappa shape index (κ1) is 16.4. The van der Waals surface area contributed by atoms with Gasteiger partial charge in [0, 0.05) is 0 Å². The highest BCUT2D eigenvalue weighted by molar-refractivity contribution is 5.72. The third-order valence-corrected chi connectivity index (χ3v) is 3.67. The van der Waals surface area contributed by atoms with Crippen molar-refractivity contribution in [3.8, 4) is 0 Å². The number of carbonyl (C=O) groups excluding carboxylic acids is 1. The zero-order chi connectivity index (χ0) is 14.5. The number of quaternary nitrogens is 2. The summed E-state index contributed by atoms with van der Waals surface area (Å²) in [5.74, 6) is -0.116. The van der Waals surface area contributed by atoms with Gasteiger partial charge in [0.2, 0.25) is 0 Å².